The molecule has 0 bridgehead atoms. The van der Waals surface area contributed by atoms with Gasteiger partial charge in [-0.05, 0) is 48.6 Å². The molecule has 1 saturated heterocycles. The summed E-state index contributed by atoms with van der Waals surface area (Å²) in [6.07, 6.45) is 5.40. The lowest BCUT2D eigenvalue weighted by molar-refractivity contribution is 0.0513. The Morgan fingerprint density at radius 3 is 2.86 bits per heavy atom. The summed E-state index contributed by atoms with van der Waals surface area (Å²) < 4.78 is 12.6. The number of pyridine rings is 1. The van der Waals surface area contributed by atoms with Crippen LogP contribution in [0.4, 0.5) is 0 Å². The van der Waals surface area contributed by atoms with Crippen molar-refractivity contribution in [3.05, 3.63) is 53.9 Å². The summed E-state index contributed by atoms with van der Waals surface area (Å²) in [6.45, 7) is 1.44. The average molecular weight is 380 g/mol. The molecule has 1 N–H and O–H groups in total. The number of benzene rings is 1. The second-order valence-corrected chi connectivity index (χ2v) is 7.05. The van der Waals surface area contributed by atoms with Crippen molar-refractivity contribution in [3.8, 4) is 5.88 Å². The summed E-state index contributed by atoms with van der Waals surface area (Å²) in [5.41, 5.74) is 2.33. The molecule has 0 radical (unpaired) electrons. The SMILES string of the molecule is COc1c2ccc(C(=O)N[C@H](c3cccnc3)C3CCOCC3)cc2nn1C. The number of nitrogens with zero attached hydrogens (tertiary/aromatic N) is 3. The van der Waals surface area contributed by atoms with Crippen LogP contribution >= 0.6 is 0 Å². The van der Waals surface area contributed by atoms with Gasteiger partial charge < -0.3 is 14.8 Å². The molecule has 0 unspecified atom stereocenters. The fourth-order valence-electron chi connectivity index (χ4n) is 3.87. The molecule has 146 valence electrons. The number of aryl methyl sites for hydroxylation is 1. The second-order valence-electron chi connectivity index (χ2n) is 7.05. The minimum Gasteiger partial charge on any atom is -0.481 e. The Balaban J connectivity index is 1.61. The van der Waals surface area contributed by atoms with E-state index in [4.69, 9.17) is 9.47 Å². The third kappa shape index (κ3) is 3.57. The van der Waals surface area contributed by atoms with Crippen LogP contribution in [0.5, 0.6) is 5.88 Å². The van der Waals surface area contributed by atoms with Gasteiger partial charge in [0, 0.05) is 38.2 Å². The topological polar surface area (TPSA) is 78.3 Å². The maximum absolute atomic E-state index is 13.0. The predicted molar refractivity (Wildman–Crippen MR) is 105 cm³/mol. The lowest BCUT2D eigenvalue weighted by atomic mass is 9.87. The van der Waals surface area contributed by atoms with E-state index in [9.17, 15) is 4.79 Å². The fraction of sp³-hybridized carbons (Fsp3) is 0.381. The summed E-state index contributed by atoms with van der Waals surface area (Å²) in [6, 6.07) is 9.31. The average Bonchev–Trinajstić information content (AvgIpc) is 3.07. The highest BCUT2D eigenvalue weighted by Crippen LogP contribution is 2.31. The molecule has 0 spiro atoms. The maximum Gasteiger partial charge on any atom is 0.251 e. The molecule has 4 rings (SSSR count). The molecule has 2 aromatic heterocycles. The minimum atomic E-state index is -0.119. The third-order valence-corrected chi connectivity index (χ3v) is 5.30. The van der Waals surface area contributed by atoms with Crippen molar-refractivity contribution in [2.45, 2.75) is 18.9 Å². The fourth-order valence-corrected chi connectivity index (χ4v) is 3.87. The van der Waals surface area contributed by atoms with Gasteiger partial charge in [-0.25, -0.2) is 4.68 Å². The third-order valence-electron chi connectivity index (χ3n) is 5.30. The zero-order chi connectivity index (χ0) is 19.5. The smallest absolute Gasteiger partial charge is 0.251 e. The van der Waals surface area contributed by atoms with Crippen molar-refractivity contribution >= 4 is 16.8 Å². The van der Waals surface area contributed by atoms with E-state index in [1.54, 1.807) is 24.1 Å². The number of hydrogen-bond donors (Lipinski definition) is 1. The highest BCUT2D eigenvalue weighted by Gasteiger charge is 2.27. The molecule has 3 aromatic rings. The molecule has 0 saturated carbocycles. The lowest BCUT2D eigenvalue weighted by Gasteiger charge is -2.31. The molecule has 1 fully saturated rings. The predicted octanol–water partition coefficient (Wildman–Crippen LogP) is 2.87. The van der Waals surface area contributed by atoms with Crippen LogP contribution in [-0.2, 0) is 11.8 Å². The summed E-state index contributed by atoms with van der Waals surface area (Å²) in [4.78, 5) is 17.3. The van der Waals surface area contributed by atoms with E-state index >= 15 is 0 Å². The van der Waals surface area contributed by atoms with Gasteiger partial charge in [-0.3, -0.25) is 9.78 Å². The summed E-state index contributed by atoms with van der Waals surface area (Å²) in [5.74, 6) is 0.879. The van der Waals surface area contributed by atoms with Crippen LogP contribution in [0.3, 0.4) is 0 Å². The van der Waals surface area contributed by atoms with E-state index < -0.39 is 0 Å². The number of fused-ring (bicyclic) bond motifs is 1. The summed E-state index contributed by atoms with van der Waals surface area (Å²) in [5, 5.41) is 8.54. The van der Waals surface area contributed by atoms with Crippen molar-refractivity contribution in [1.29, 1.82) is 0 Å². The molecule has 7 heteroatoms. The van der Waals surface area contributed by atoms with E-state index in [-0.39, 0.29) is 11.9 Å². The molecule has 1 aliphatic rings. The highest BCUT2D eigenvalue weighted by atomic mass is 16.5. The van der Waals surface area contributed by atoms with Gasteiger partial charge in [0.15, 0.2) is 0 Å². The molecule has 1 aliphatic heterocycles. The molecule has 0 aliphatic carbocycles. The van der Waals surface area contributed by atoms with Crippen LogP contribution in [0.1, 0.15) is 34.8 Å². The van der Waals surface area contributed by atoms with Crippen LogP contribution in [-0.4, -0.2) is 41.0 Å². The monoisotopic (exact) mass is 380 g/mol. The van der Waals surface area contributed by atoms with Crippen molar-refractivity contribution in [2.75, 3.05) is 20.3 Å². The number of aromatic nitrogens is 3. The largest absolute Gasteiger partial charge is 0.481 e. The number of rotatable bonds is 5. The number of carbonyl (C=O) groups is 1. The standard InChI is InChI=1S/C21H24N4O3/c1-25-21(27-2)17-6-5-15(12-18(17)24-25)20(26)23-19(14-7-10-28-11-8-14)16-4-3-9-22-13-16/h3-6,9,12-14,19H,7-8,10-11H2,1-2H3,(H,23,26)/t19-/m0/s1. The van der Waals surface area contributed by atoms with Gasteiger partial charge in [0.2, 0.25) is 5.88 Å². The molecule has 1 atom stereocenters. The van der Waals surface area contributed by atoms with Crippen LogP contribution in [0.25, 0.3) is 10.9 Å². The Kier molecular flexibility index (Phi) is 5.25. The first kappa shape index (κ1) is 18.4. The van der Waals surface area contributed by atoms with E-state index in [0.29, 0.717) is 17.4 Å². The highest BCUT2D eigenvalue weighted by molar-refractivity contribution is 5.98. The van der Waals surface area contributed by atoms with E-state index in [1.807, 2.05) is 37.5 Å². The molecular formula is C21H24N4O3. The normalized spacial score (nSPS) is 16.1. The van der Waals surface area contributed by atoms with Crippen LogP contribution in [0.2, 0.25) is 0 Å². The Hall–Kier alpha value is -2.93. The zero-order valence-electron chi connectivity index (χ0n) is 16.1. The molecule has 28 heavy (non-hydrogen) atoms. The number of amides is 1. The van der Waals surface area contributed by atoms with Crippen LogP contribution in [0, 0.1) is 5.92 Å². The molecular weight excluding hydrogens is 356 g/mol. The summed E-state index contributed by atoms with van der Waals surface area (Å²) in [7, 11) is 3.44. The maximum atomic E-state index is 13.0. The first-order valence-corrected chi connectivity index (χ1v) is 9.46. The van der Waals surface area contributed by atoms with Crippen molar-refractivity contribution < 1.29 is 14.3 Å². The molecule has 1 amide bonds. The quantitative estimate of drug-likeness (QED) is 0.736. The van der Waals surface area contributed by atoms with Gasteiger partial charge in [0.05, 0.1) is 24.1 Å². The first-order valence-electron chi connectivity index (χ1n) is 9.46. The minimum absolute atomic E-state index is 0.0981. The number of carbonyl (C=O) groups excluding carboxylic acids is 1. The van der Waals surface area contributed by atoms with Gasteiger partial charge in [-0.2, -0.15) is 5.10 Å². The van der Waals surface area contributed by atoms with Gasteiger partial charge >= 0.3 is 0 Å². The molecule has 1 aromatic carbocycles. The second kappa shape index (κ2) is 7.98. The van der Waals surface area contributed by atoms with E-state index in [2.05, 4.69) is 15.4 Å². The Labute approximate surface area is 163 Å². The molecule has 7 nitrogen and oxygen atoms in total. The van der Waals surface area contributed by atoms with Crippen molar-refractivity contribution in [1.82, 2.24) is 20.1 Å². The Morgan fingerprint density at radius 1 is 1.32 bits per heavy atom. The van der Waals surface area contributed by atoms with Crippen LogP contribution < -0.4 is 10.1 Å². The van der Waals surface area contributed by atoms with Gasteiger partial charge in [-0.15, -0.1) is 0 Å². The number of hydrogen-bond acceptors (Lipinski definition) is 5. The van der Waals surface area contributed by atoms with Crippen LogP contribution in [0.15, 0.2) is 42.7 Å². The number of methoxy groups -OCH3 is 1. The van der Waals surface area contributed by atoms with Gasteiger partial charge in [0.25, 0.3) is 5.91 Å². The van der Waals surface area contributed by atoms with E-state index in [0.717, 1.165) is 42.5 Å². The van der Waals surface area contributed by atoms with Gasteiger partial charge in [-0.1, -0.05) is 6.07 Å². The number of ether oxygens (including phenoxy) is 2. The van der Waals surface area contributed by atoms with E-state index in [1.165, 1.54) is 0 Å². The Morgan fingerprint density at radius 2 is 2.14 bits per heavy atom. The van der Waals surface area contributed by atoms with Gasteiger partial charge in [0.1, 0.15) is 0 Å². The Bertz CT molecular complexity index is 964. The molecule has 3 heterocycles. The zero-order valence-corrected chi connectivity index (χ0v) is 16.1. The van der Waals surface area contributed by atoms with Crippen molar-refractivity contribution in [2.24, 2.45) is 13.0 Å². The van der Waals surface area contributed by atoms with Crippen molar-refractivity contribution in [3.63, 3.8) is 0 Å². The first-order chi connectivity index (χ1) is 13.7. The lowest BCUT2D eigenvalue weighted by Crippen LogP contribution is -2.36. The number of nitrogens with one attached hydrogen (secondary N) is 1. The summed E-state index contributed by atoms with van der Waals surface area (Å²) >= 11 is 0.